The molecule has 0 radical (unpaired) electrons. The Kier molecular flexibility index (Phi) is 6.96. The largest absolute Gasteiger partial charge is 0.353 e. The van der Waals surface area contributed by atoms with Crippen molar-refractivity contribution in [1.82, 2.24) is 20.0 Å². The molecule has 1 amide bonds. The van der Waals surface area contributed by atoms with E-state index in [4.69, 9.17) is 0 Å². The molecule has 2 aliphatic rings. The van der Waals surface area contributed by atoms with Crippen molar-refractivity contribution in [2.45, 2.75) is 90.6 Å². The second-order valence-corrected chi connectivity index (χ2v) is 8.92. The maximum atomic E-state index is 12.5. The lowest BCUT2D eigenvalue weighted by atomic mass is 9.88. The quantitative estimate of drug-likeness (QED) is 0.829. The van der Waals surface area contributed by atoms with Crippen LogP contribution in [0.25, 0.3) is 0 Å². The van der Waals surface area contributed by atoms with Crippen LogP contribution in [0, 0.1) is 19.8 Å². The number of piperidine rings is 1. The van der Waals surface area contributed by atoms with Gasteiger partial charge in [0, 0.05) is 31.2 Å². The van der Waals surface area contributed by atoms with E-state index in [-0.39, 0.29) is 11.9 Å². The third-order valence-corrected chi connectivity index (χ3v) is 6.79. The highest BCUT2D eigenvalue weighted by Gasteiger charge is 2.27. The molecular weight excluding hydrogens is 336 g/mol. The molecule has 1 aromatic heterocycles. The molecule has 5 nitrogen and oxygen atoms in total. The van der Waals surface area contributed by atoms with Crippen LogP contribution >= 0.6 is 0 Å². The van der Waals surface area contributed by atoms with Crippen LogP contribution < -0.4 is 5.32 Å². The maximum Gasteiger partial charge on any atom is 0.220 e. The number of aromatic nitrogens is 2. The molecule has 1 aliphatic heterocycles. The van der Waals surface area contributed by atoms with Crippen molar-refractivity contribution in [3.63, 3.8) is 0 Å². The van der Waals surface area contributed by atoms with Crippen molar-refractivity contribution in [3.8, 4) is 0 Å². The molecule has 1 N–H and O–H groups in total. The normalized spacial score (nSPS) is 21.3. The molecule has 1 saturated heterocycles. The number of aryl methyl sites for hydroxylation is 2. The van der Waals surface area contributed by atoms with Gasteiger partial charge in [0.05, 0.1) is 5.69 Å². The fourth-order valence-electron chi connectivity index (χ4n) is 5.03. The van der Waals surface area contributed by atoms with Crippen molar-refractivity contribution < 1.29 is 4.79 Å². The lowest BCUT2D eigenvalue weighted by Gasteiger charge is -2.39. The average molecular weight is 375 g/mol. The standard InChI is InChI=1S/C22H38N4O/c1-16(14-21-17(2)24-25(4)18(21)3)23-22(27)15-19-10-12-26(13-11-19)20-8-6-5-7-9-20/h16,19-20H,5-15H2,1-4H3,(H,23,27)/t16-/m1/s1. The number of likely N-dealkylation sites (tertiary alicyclic amines) is 1. The Morgan fingerprint density at radius 3 is 2.41 bits per heavy atom. The predicted octanol–water partition coefficient (Wildman–Crippen LogP) is 3.52. The Hall–Kier alpha value is -1.36. The van der Waals surface area contributed by atoms with E-state index in [0.29, 0.717) is 12.3 Å². The van der Waals surface area contributed by atoms with E-state index in [0.717, 1.165) is 18.2 Å². The van der Waals surface area contributed by atoms with Crippen molar-refractivity contribution in [2.24, 2.45) is 13.0 Å². The Bertz CT molecular complexity index is 625. The Morgan fingerprint density at radius 2 is 1.81 bits per heavy atom. The van der Waals surface area contributed by atoms with E-state index in [1.807, 2.05) is 11.7 Å². The zero-order chi connectivity index (χ0) is 19.4. The van der Waals surface area contributed by atoms with Gasteiger partial charge in [0.15, 0.2) is 0 Å². The maximum absolute atomic E-state index is 12.5. The summed E-state index contributed by atoms with van der Waals surface area (Å²) in [5.74, 6) is 0.775. The van der Waals surface area contributed by atoms with Crippen LogP contribution in [0.15, 0.2) is 0 Å². The first-order valence-corrected chi connectivity index (χ1v) is 11.0. The highest BCUT2D eigenvalue weighted by Crippen LogP contribution is 2.28. The van der Waals surface area contributed by atoms with Gasteiger partial charge >= 0.3 is 0 Å². The van der Waals surface area contributed by atoms with Gasteiger partial charge in [-0.15, -0.1) is 0 Å². The van der Waals surface area contributed by atoms with Crippen molar-refractivity contribution >= 4 is 5.91 Å². The Labute approximate surface area is 164 Å². The molecule has 2 fully saturated rings. The van der Waals surface area contributed by atoms with Crippen LogP contribution in [0.4, 0.5) is 0 Å². The molecule has 0 bridgehead atoms. The summed E-state index contributed by atoms with van der Waals surface area (Å²) >= 11 is 0. The number of carbonyl (C=O) groups is 1. The van der Waals surface area contributed by atoms with E-state index >= 15 is 0 Å². The number of nitrogens with one attached hydrogen (secondary N) is 1. The lowest BCUT2D eigenvalue weighted by Crippen LogP contribution is -2.43. The second-order valence-electron chi connectivity index (χ2n) is 8.92. The number of amides is 1. The van der Waals surface area contributed by atoms with Gasteiger partial charge in [-0.2, -0.15) is 5.10 Å². The molecule has 0 unspecified atom stereocenters. The average Bonchev–Trinajstić information content (AvgIpc) is 2.89. The highest BCUT2D eigenvalue weighted by atomic mass is 16.1. The lowest BCUT2D eigenvalue weighted by molar-refractivity contribution is -0.123. The fraction of sp³-hybridized carbons (Fsp3) is 0.818. The Morgan fingerprint density at radius 1 is 1.15 bits per heavy atom. The molecule has 27 heavy (non-hydrogen) atoms. The van der Waals surface area contributed by atoms with Crippen molar-refractivity contribution in [3.05, 3.63) is 17.0 Å². The van der Waals surface area contributed by atoms with Crippen LogP contribution in [-0.4, -0.2) is 45.8 Å². The smallest absolute Gasteiger partial charge is 0.220 e. The van der Waals surface area contributed by atoms with Gasteiger partial charge in [-0.3, -0.25) is 9.48 Å². The molecule has 2 heterocycles. The number of nitrogens with zero attached hydrogens (tertiary/aromatic N) is 3. The van der Waals surface area contributed by atoms with E-state index < -0.39 is 0 Å². The van der Waals surface area contributed by atoms with Crippen LogP contribution in [0.3, 0.4) is 0 Å². The van der Waals surface area contributed by atoms with Gasteiger partial charge in [0.25, 0.3) is 0 Å². The topological polar surface area (TPSA) is 50.2 Å². The van der Waals surface area contributed by atoms with Gasteiger partial charge < -0.3 is 10.2 Å². The van der Waals surface area contributed by atoms with Crippen molar-refractivity contribution in [1.29, 1.82) is 0 Å². The first-order chi connectivity index (χ1) is 12.9. The van der Waals surface area contributed by atoms with Gasteiger partial charge in [-0.1, -0.05) is 19.3 Å². The summed E-state index contributed by atoms with van der Waals surface area (Å²) in [5, 5.41) is 7.71. The van der Waals surface area contributed by atoms with Crippen LogP contribution in [0.5, 0.6) is 0 Å². The van der Waals surface area contributed by atoms with Crippen LogP contribution in [0.1, 0.15) is 75.2 Å². The molecule has 0 spiro atoms. The number of hydrogen-bond acceptors (Lipinski definition) is 3. The zero-order valence-corrected chi connectivity index (χ0v) is 17.8. The summed E-state index contributed by atoms with van der Waals surface area (Å²) in [6, 6.07) is 0.973. The first-order valence-electron chi connectivity index (χ1n) is 11.0. The third kappa shape index (κ3) is 5.34. The third-order valence-electron chi connectivity index (χ3n) is 6.79. The van der Waals surface area contributed by atoms with Crippen LogP contribution in [-0.2, 0) is 18.3 Å². The Balaban J connectivity index is 1.40. The van der Waals surface area contributed by atoms with Gasteiger partial charge in [-0.25, -0.2) is 0 Å². The molecule has 3 rings (SSSR count). The molecule has 1 aliphatic carbocycles. The molecule has 152 valence electrons. The van der Waals surface area contributed by atoms with Crippen LogP contribution in [0.2, 0.25) is 0 Å². The number of carbonyl (C=O) groups excluding carboxylic acids is 1. The molecule has 1 atom stereocenters. The number of hydrogen-bond donors (Lipinski definition) is 1. The van der Waals surface area contributed by atoms with E-state index in [1.54, 1.807) is 0 Å². The van der Waals surface area contributed by atoms with Gasteiger partial charge in [0.2, 0.25) is 5.91 Å². The van der Waals surface area contributed by atoms with Crippen molar-refractivity contribution in [2.75, 3.05) is 13.1 Å². The summed E-state index contributed by atoms with van der Waals surface area (Å²) in [5.41, 5.74) is 3.54. The SMILES string of the molecule is Cc1nn(C)c(C)c1C[C@@H](C)NC(=O)CC1CCN(C2CCCCC2)CC1. The summed E-state index contributed by atoms with van der Waals surface area (Å²) in [6.45, 7) is 8.63. The summed E-state index contributed by atoms with van der Waals surface area (Å²) < 4.78 is 1.93. The molecule has 5 heteroatoms. The molecule has 1 aromatic rings. The molecule has 0 aromatic carbocycles. The van der Waals surface area contributed by atoms with Gasteiger partial charge in [-0.05, 0) is 77.4 Å². The summed E-state index contributed by atoms with van der Waals surface area (Å²) in [4.78, 5) is 15.2. The minimum absolute atomic E-state index is 0.154. The summed E-state index contributed by atoms with van der Waals surface area (Å²) in [7, 11) is 1.98. The molecular formula is C22H38N4O. The minimum Gasteiger partial charge on any atom is -0.353 e. The van der Waals surface area contributed by atoms with E-state index in [1.165, 1.54) is 69.3 Å². The zero-order valence-electron chi connectivity index (χ0n) is 17.8. The van der Waals surface area contributed by atoms with E-state index in [9.17, 15) is 4.79 Å². The number of rotatable bonds is 6. The molecule has 1 saturated carbocycles. The summed E-state index contributed by atoms with van der Waals surface area (Å²) in [6.07, 6.45) is 10.9. The second kappa shape index (κ2) is 9.22. The monoisotopic (exact) mass is 374 g/mol. The van der Waals surface area contributed by atoms with Gasteiger partial charge in [0.1, 0.15) is 0 Å². The first kappa shape index (κ1) is 20.4. The minimum atomic E-state index is 0.154. The fourth-order valence-corrected chi connectivity index (χ4v) is 5.03. The van der Waals surface area contributed by atoms with E-state index in [2.05, 4.69) is 36.1 Å². The predicted molar refractivity (Wildman–Crippen MR) is 110 cm³/mol. The highest BCUT2D eigenvalue weighted by molar-refractivity contribution is 5.76.